The first-order valence-electron chi connectivity index (χ1n) is 32.8. The molecule has 0 aromatic rings. The second-order valence-corrected chi connectivity index (χ2v) is 22.4. The Labute approximate surface area is 455 Å². The van der Waals surface area contributed by atoms with Gasteiger partial charge in [0.05, 0.1) is 0 Å². The number of esters is 3. The van der Waals surface area contributed by atoms with Crippen LogP contribution in [-0.2, 0) is 28.6 Å². The van der Waals surface area contributed by atoms with Crippen molar-refractivity contribution in [1.82, 2.24) is 0 Å². The van der Waals surface area contributed by atoms with Gasteiger partial charge in [-0.25, -0.2) is 0 Å². The van der Waals surface area contributed by atoms with Crippen molar-refractivity contribution >= 4 is 17.9 Å². The molecule has 0 N–H and O–H groups in total. The summed E-state index contributed by atoms with van der Waals surface area (Å²) in [5.41, 5.74) is 0. The Hall–Kier alpha value is -2.11. The third-order valence-electron chi connectivity index (χ3n) is 14.9. The van der Waals surface area contributed by atoms with E-state index in [9.17, 15) is 14.4 Å². The average Bonchev–Trinajstić information content (AvgIpc) is 3.39. The number of hydrogen-bond acceptors (Lipinski definition) is 6. The van der Waals surface area contributed by atoms with Crippen molar-refractivity contribution in [1.29, 1.82) is 0 Å². The lowest BCUT2D eigenvalue weighted by molar-refractivity contribution is -0.167. The van der Waals surface area contributed by atoms with Gasteiger partial charge in [0, 0.05) is 19.3 Å². The summed E-state index contributed by atoms with van der Waals surface area (Å²) in [5, 5.41) is 0. The van der Waals surface area contributed by atoms with Crippen molar-refractivity contribution in [2.75, 3.05) is 13.2 Å². The summed E-state index contributed by atoms with van der Waals surface area (Å²) in [6.45, 7) is 6.68. The van der Waals surface area contributed by atoms with E-state index in [1.165, 1.54) is 263 Å². The summed E-state index contributed by atoms with van der Waals surface area (Å²) < 4.78 is 16.9. The summed E-state index contributed by atoms with van der Waals surface area (Å²) in [7, 11) is 0. The molecule has 0 saturated carbocycles. The first-order chi connectivity index (χ1) is 36.0. The molecule has 0 fully saturated rings. The molecule has 430 valence electrons. The topological polar surface area (TPSA) is 78.9 Å². The monoisotopic (exact) mass is 1030 g/mol. The van der Waals surface area contributed by atoms with Gasteiger partial charge < -0.3 is 14.2 Å². The fourth-order valence-corrected chi connectivity index (χ4v) is 9.97. The molecule has 1 atom stereocenters. The maximum absolute atomic E-state index is 12.9. The number of rotatable bonds is 61. The molecular formula is C67H126O6. The van der Waals surface area contributed by atoms with E-state index < -0.39 is 6.10 Å². The predicted octanol–water partition coefficient (Wildman–Crippen LogP) is 22.2. The lowest BCUT2D eigenvalue weighted by atomic mass is 10.0. The van der Waals surface area contributed by atoms with Crippen molar-refractivity contribution in [2.24, 2.45) is 0 Å². The van der Waals surface area contributed by atoms with Gasteiger partial charge >= 0.3 is 17.9 Å². The molecule has 0 aromatic heterocycles. The normalized spacial score (nSPS) is 12.1. The molecule has 0 aliphatic rings. The summed E-state index contributed by atoms with van der Waals surface area (Å²) in [5.74, 6) is -0.852. The third-order valence-corrected chi connectivity index (χ3v) is 14.9. The second-order valence-electron chi connectivity index (χ2n) is 22.4. The van der Waals surface area contributed by atoms with Crippen LogP contribution in [-0.4, -0.2) is 37.2 Å². The molecule has 0 spiro atoms. The summed E-state index contributed by atoms with van der Waals surface area (Å²) in [6.07, 6.45) is 74.7. The minimum Gasteiger partial charge on any atom is -0.462 e. The Kier molecular flexibility index (Phi) is 60.6. The highest BCUT2D eigenvalue weighted by molar-refractivity contribution is 5.71. The Morgan fingerprint density at radius 1 is 0.260 bits per heavy atom. The van der Waals surface area contributed by atoms with Crippen molar-refractivity contribution in [2.45, 2.75) is 374 Å². The number of carbonyl (C=O) groups is 3. The van der Waals surface area contributed by atoms with E-state index in [2.05, 4.69) is 45.1 Å². The fraction of sp³-hybridized carbons (Fsp3) is 0.896. The maximum atomic E-state index is 12.9. The van der Waals surface area contributed by atoms with E-state index in [0.29, 0.717) is 19.3 Å². The molecule has 6 nitrogen and oxygen atoms in total. The van der Waals surface area contributed by atoms with Crippen LogP contribution in [0.3, 0.4) is 0 Å². The van der Waals surface area contributed by atoms with Crippen LogP contribution in [0.5, 0.6) is 0 Å². The number of carbonyl (C=O) groups excluding carboxylic acids is 3. The Morgan fingerprint density at radius 2 is 0.452 bits per heavy atom. The number of allylic oxidation sites excluding steroid dienone is 4. The van der Waals surface area contributed by atoms with Crippen molar-refractivity contribution in [3.05, 3.63) is 24.3 Å². The lowest BCUT2D eigenvalue weighted by Crippen LogP contribution is -2.30. The number of unbranched alkanes of at least 4 members (excludes halogenated alkanes) is 46. The standard InChI is InChI=1S/C67H126O6/c1-4-7-10-13-16-19-22-25-27-29-31-33-35-37-39-42-45-48-51-54-57-60-66(69)72-63-64(62-71-65(68)59-56-53-50-47-44-41-24-21-18-15-12-9-6-3)73-67(70)61-58-55-52-49-46-43-40-38-36-34-32-30-28-26-23-20-17-14-11-8-5-2/h21,24,26,28,64H,4-20,22-23,25,27,29-63H2,1-3H3/b24-21-,28-26-/t64-/m1/s1. The molecule has 0 unspecified atom stereocenters. The smallest absolute Gasteiger partial charge is 0.306 e. The van der Waals surface area contributed by atoms with Crippen LogP contribution in [0.15, 0.2) is 24.3 Å². The summed E-state index contributed by atoms with van der Waals surface area (Å²) in [4.78, 5) is 38.3. The Balaban J connectivity index is 4.26. The Morgan fingerprint density at radius 3 is 0.699 bits per heavy atom. The molecule has 0 amide bonds. The molecule has 0 bridgehead atoms. The first kappa shape index (κ1) is 70.9. The van der Waals surface area contributed by atoms with Gasteiger partial charge in [0.15, 0.2) is 6.10 Å². The van der Waals surface area contributed by atoms with Gasteiger partial charge in [0.2, 0.25) is 0 Å². The van der Waals surface area contributed by atoms with Gasteiger partial charge in [0.1, 0.15) is 13.2 Å². The van der Waals surface area contributed by atoms with Crippen LogP contribution in [0.25, 0.3) is 0 Å². The van der Waals surface area contributed by atoms with Crippen LogP contribution in [0.1, 0.15) is 367 Å². The number of hydrogen-bond donors (Lipinski definition) is 0. The highest BCUT2D eigenvalue weighted by Gasteiger charge is 2.19. The minimum atomic E-state index is -0.772. The van der Waals surface area contributed by atoms with Gasteiger partial charge in [-0.05, 0) is 70.6 Å². The van der Waals surface area contributed by atoms with E-state index >= 15 is 0 Å². The Bertz CT molecular complexity index is 1180. The highest BCUT2D eigenvalue weighted by atomic mass is 16.6. The molecule has 0 aliphatic carbocycles. The molecule has 0 aliphatic heterocycles. The van der Waals surface area contributed by atoms with Gasteiger partial charge in [-0.1, -0.05) is 302 Å². The quantitative estimate of drug-likeness (QED) is 0.0261. The zero-order chi connectivity index (χ0) is 52.9. The van der Waals surface area contributed by atoms with Gasteiger partial charge in [-0.15, -0.1) is 0 Å². The van der Waals surface area contributed by atoms with Crippen LogP contribution < -0.4 is 0 Å². The fourth-order valence-electron chi connectivity index (χ4n) is 9.97. The summed E-state index contributed by atoms with van der Waals surface area (Å²) >= 11 is 0. The largest absolute Gasteiger partial charge is 0.462 e. The molecule has 0 heterocycles. The van der Waals surface area contributed by atoms with E-state index in [1.54, 1.807) is 0 Å². The van der Waals surface area contributed by atoms with E-state index in [4.69, 9.17) is 14.2 Å². The first-order valence-corrected chi connectivity index (χ1v) is 32.8. The van der Waals surface area contributed by atoms with Crippen LogP contribution in [0.2, 0.25) is 0 Å². The zero-order valence-corrected chi connectivity index (χ0v) is 49.4. The van der Waals surface area contributed by atoms with E-state index in [-0.39, 0.29) is 31.1 Å². The molecule has 0 saturated heterocycles. The average molecular weight is 1030 g/mol. The predicted molar refractivity (Wildman–Crippen MR) is 316 cm³/mol. The van der Waals surface area contributed by atoms with Crippen molar-refractivity contribution in [3.63, 3.8) is 0 Å². The molecule has 0 aromatic carbocycles. The van der Waals surface area contributed by atoms with Crippen LogP contribution >= 0.6 is 0 Å². The minimum absolute atomic E-state index is 0.0688. The molecular weight excluding hydrogens is 901 g/mol. The van der Waals surface area contributed by atoms with Gasteiger partial charge in [0.25, 0.3) is 0 Å². The molecule has 73 heavy (non-hydrogen) atoms. The lowest BCUT2D eigenvalue weighted by Gasteiger charge is -2.18. The van der Waals surface area contributed by atoms with E-state index in [0.717, 1.165) is 64.2 Å². The molecule has 0 radical (unpaired) electrons. The highest BCUT2D eigenvalue weighted by Crippen LogP contribution is 2.18. The third kappa shape index (κ3) is 60.6. The van der Waals surface area contributed by atoms with Gasteiger partial charge in [-0.2, -0.15) is 0 Å². The van der Waals surface area contributed by atoms with Crippen molar-refractivity contribution in [3.8, 4) is 0 Å². The second kappa shape index (κ2) is 62.4. The number of ether oxygens (including phenoxy) is 3. The zero-order valence-electron chi connectivity index (χ0n) is 49.4. The SMILES string of the molecule is CCCCCC/C=C\CCCCCCCC(=O)OC[C@H](COC(=O)CCCCCCCCCCCCCCCCCCCCCCC)OC(=O)CCCCCCCCCCCCC/C=C\CCCCCCCC. The summed E-state index contributed by atoms with van der Waals surface area (Å²) in [6, 6.07) is 0. The van der Waals surface area contributed by atoms with E-state index in [1.807, 2.05) is 0 Å². The molecule has 0 rings (SSSR count). The van der Waals surface area contributed by atoms with Crippen LogP contribution in [0, 0.1) is 0 Å². The molecule has 6 heteroatoms. The van der Waals surface area contributed by atoms with Crippen LogP contribution in [0.4, 0.5) is 0 Å². The van der Waals surface area contributed by atoms with Gasteiger partial charge in [-0.3, -0.25) is 14.4 Å². The van der Waals surface area contributed by atoms with Crippen molar-refractivity contribution < 1.29 is 28.6 Å². The maximum Gasteiger partial charge on any atom is 0.306 e.